The van der Waals surface area contributed by atoms with E-state index in [0.29, 0.717) is 21.5 Å². The molecule has 0 spiro atoms. The average molecular weight is 420 g/mol. The summed E-state index contributed by atoms with van der Waals surface area (Å²) in [6.45, 7) is 1.54. The highest BCUT2D eigenvalue weighted by Gasteiger charge is 2.29. The molecule has 0 unspecified atom stereocenters. The number of carbonyl (C=O) groups is 2. The molecule has 146 valence electrons. The van der Waals surface area contributed by atoms with Gasteiger partial charge in [-0.2, -0.15) is 5.10 Å². The van der Waals surface area contributed by atoms with Crippen molar-refractivity contribution in [3.63, 3.8) is 0 Å². The lowest BCUT2D eigenvalue weighted by Gasteiger charge is -2.08. The van der Waals surface area contributed by atoms with Crippen LogP contribution in [0.25, 0.3) is 0 Å². The van der Waals surface area contributed by atoms with Crippen molar-refractivity contribution in [3.05, 3.63) is 58.1 Å². The van der Waals surface area contributed by atoms with E-state index in [1.54, 1.807) is 19.1 Å². The molecule has 2 N–H and O–H groups in total. The number of carbonyl (C=O) groups excluding carboxylic acids is 2. The topological polar surface area (TPSA) is 79.8 Å². The largest absolute Gasteiger partial charge is 0.482 e. The summed E-state index contributed by atoms with van der Waals surface area (Å²) in [5.41, 5.74) is 4.63. The van der Waals surface area contributed by atoms with Crippen molar-refractivity contribution >= 4 is 46.4 Å². The van der Waals surface area contributed by atoms with Crippen LogP contribution in [0.5, 0.6) is 5.75 Å². The first-order valence-corrected chi connectivity index (χ1v) is 9.50. The number of anilines is 1. The second-order valence-corrected chi connectivity index (χ2v) is 7.28. The van der Waals surface area contributed by atoms with Crippen molar-refractivity contribution in [1.29, 1.82) is 0 Å². The summed E-state index contributed by atoms with van der Waals surface area (Å²) in [6, 6.07) is 12.0. The van der Waals surface area contributed by atoms with Crippen LogP contribution in [0.4, 0.5) is 5.69 Å². The van der Waals surface area contributed by atoms with Crippen LogP contribution in [0.1, 0.15) is 25.3 Å². The van der Waals surface area contributed by atoms with E-state index in [4.69, 9.17) is 27.9 Å². The summed E-state index contributed by atoms with van der Waals surface area (Å²) >= 11 is 11.8. The van der Waals surface area contributed by atoms with Crippen molar-refractivity contribution in [2.75, 3.05) is 11.9 Å². The van der Waals surface area contributed by atoms with E-state index >= 15 is 0 Å². The number of rotatable bonds is 7. The minimum absolute atomic E-state index is 0.0613. The van der Waals surface area contributed by atoms with Gasteiger partial charge in [-0.05, 0) is 55.7 Å². The summed E-state index contributed by atoms with van der Waals surface area (Å²) in [4.78, 5) is 23.7. The second-order valence-electron chi connectivity index (χ2n) is 6.44. The Morgan fingerprint density at radius 2 is 1.86 bits per heavy atom. The van der Waals surface area contributed by atoms with E-state index in [-0.39, 0.29) is 18.4 Å². The normalized spacial score (nSPS) is 13.8. The fourth-order valence-electron chi connectivity index (χ4n) is 2.36. The number of nitrogens with one attached hydrogen (secondary N) is 2. The molecule has 2 aromatic carbocycles. The number of amides is 2. The number of ether oxygens (including phenoxy) is 1. The third-order valence-electron chi connectivity index (χ3n) is 4.12. The first-order chi connectivity index (χ1) is 13.4. The Morgan fingerprint density at radius 1 is 1.14 bits per heavy atom. The van der Waals surface area contributed by atoms with Crippen LogP contribution in [-0.2, 0) is 9.59 Å². The number of halogens is 2. The lowest BCUT2D eigenvalue weighted by atomic mass is 10.1. The predicted octanol–water partition coefficient (Wildman–Crippen LogP) is 4.26. The Kier molecular flexibility index (Phi) is 6.54. The average Bonchev–Trinajstić information content (AvgIpc) is 3.51. The molecule has 3 rings (SSSR count). The number of benzene rings is 2. The van der Waals surface area contributed by atoms with E-state index in [1.807, 2.05) is 24.3 Å². The first kappa shape index (κ1) is 20.2. The van der Waals surface area contributed by atoms with Gasteiger partial charge in [0.15, 0.2) is 6.61 Å². The Bertz CT molecular complexity index is 909. The SMILES string of the molecule is C/C(=N/NC(=O)COc1ccc(Cl)cc1Cl)c1ccc(NC(=O)C2CC2)cc1. The summed E-state index contributed by atoms with van der Waals surface area (Å²) in [6.07, 6.45) is 1.92. The van der Waals surface area contributed by atoms with Gasteiger partial charge in [-0.1, -0.05) is 35.3 Å². The van der Waals surface area contributed by atoms with Gasteiger partial charge in [-0.3, -0.25) is 9.59 Å². The molecule has 8 heteroatoms. The lowest BCUT2D eigenvalue weighted by molar-refractivity contribution is -0.123. The standard InChI is InChI=1S/C20H19Cl2N3O3/c1-12(13-4-7-16(8-5-13)23-20(27)14-2-3-14)24-25-19(26)11-28-18-9-6-15(21)10-17(18)22/h4-10,14H,2-3,11H2,1H3,(H,23,27)(H,25,26)/b24-12-. The Balaban J connectivity index is 1.50. The van der Waals surface area contributed by atoms with Gasteiger partial charge in [-0.15, -0.1) is 0 Å². The molecule has 0 bridgehead atoms. The van der Waals surface area contributed by atoms with Gasteiger partial charge >= 0.3 is 0 Å². The van der Waals surface area contributed by atoms with Crippen LogP contribution in [-0.4, -0.2) is 24.1 Å². The monoisotopic (exact) mass is 419 g/mol. The maximum atomic E-state index is 11.9. The quantitative estimate of drug-likeness (QED) is 0.519. The number of hydrazone groups is 1. The van der Waals surface area contributed by atoms with Crippen molar-refractivity contribution < 1.29 is 14.3 Å². The maximum Gasteiger partial charge on any atom is 0.277 e. The molecule has 28 heavy (non-hydrogen) atoms. The zero-order chi connectivity index (χ0) is 20.1. The van der Waals surface area contributed by atoms with Crippen LogP contribution in [0.3, 0.4) is 0 Å². The number of nitrogens with zero attached hydrogens (tertiary/aromatic N) is 1. The summed E-state index contributed by atoms with van der Waals surface area (Å²) in [5, 5.41) is 7.76. The zero-order valence-electron chi connectivity index (χ0n) is 15.2. The fourth-order valence-corrected chi connectivity index (χ4v) is 2.83. The van der Waals surface area contributed by atoms with Crippen LogP contribution < -0.4 is 15.5 Å². The van der Waals surface area contributed by atoms with E-state index in [2.05, 4.69) is 15.8 Å². The lowest BCUT2D eigenvalue weighted by Crippen LogP contribution is -2.25. The highest BCUT2D eigenvalue weighted by molar-refractivity contribution is 6.35. The van der Waals surface area contributed by atoms with Gasteiger partial charge in [0, 0.05) is 16.6 Å². The van der Waals surface area contributed by atoms with Gasteiger partial charge in [0.1, 0.15) is 5.75 Å². The third-order valence-corrected chi connectivity index (χ3v) is 4.65. The van der Waals surface area contributed by atoms with Crippen LogP contribution in [0, 0.1) is 5.92 Å². The van der Waals surface area contributed by atoms with E-state index < -0.39 is 5.91 Å². The van der Waals surface area contributed by atoms with Crippen molar-refractivity contribution in [3.8, 4) is 5.75 Å². The minimum Gasteiger partial charge on any atom is -0.482 e. The maximum absolute atomic E-state index is 11.9. The Labute approximate surface area is 172 Å². The molecule has 0 radical (unpaired) electrons. The van der Waals surface area contributed by atoms with Gasteiger partial charge in [0.25, 0.3) is 5.91 Å². The number of hydrogen-bond acceptors (Lipinski definition) is 4. The van der Waals surface area contributed by atoms with Crippen molar-refractivity contribution in [2.24, 2.45) is 11.0 Å². The predicted molar refractivity (Wildman–Crippen MR) is 110 cm³/mol. The van der Waals surface area contributed by atoms with Crippen LogP contribution >= 0.6 is 23.2 Å². The molecule has 1 fully saturated rings. The summed E-state index contributed by atoms with van der Waals surface area (Å²) in [7, 11) is 0. The highest BCUT2D eigenvalue weighted by atomic mass is 35.5. The fraction of sp³-hybridized carbons (Fsp3) is 0.250. The van der Waals surface area contributed by atoms with E-state index in [0.717, 1.165) is 24.1 Å². The van der Waals surface area contributed by atoms with Crippen LogP contribution in [0.15, 0.2) is 47.6 Å². The molecule has 0 saturated heterocycles. The van der Waals surface area contributed by atoms with Crippen molar-refractivity contribution in [2.45, 2.75) is 19.8 Å². The molecule has 0 heterocycles. The van der Waals surface area contributed by atoms with E-state index in [1.165, 1.54) is 6.07 Å². The Hall–Kier alpha value is -2.57. The Morgan fingerprint density at radius 3 is 2.50 bits per heavy atom. The molecule has 2 aromatic rings. The highest BCUT2D eigenvalue weighted by Crippen LogP contribution is 2.30. The first-order valence-electron chi connectivity index (χ1n) is 8.74. The molecule has 1 aliphatic carbocycles. The molecule has 1 saturated carbocycles. The van der Waals surface area contributed by atoms with Gasteiger partial charge in [0.2, 0.25) is 5.91 Å². The summed E-state index contributed by atoms with van der Waals surface area (Å²) < 4.78 is 5.36. The zero-order valence-corrected chi connectivity index (χ0v) is 16.7. The van der Waals surface area contributed by atoms with E-state index in [9.17, 15) is 9.59 Å². The van der Waals surface area contributed by atoms with Gasteiger partial charge in [0.05, 0.1) is 10.7 Å². The second kappa shape index (κ2) is 9.08. The number of hydrogen-bond donors (Lipinski definition) is 2. The third kappa shape index (κ3) is 5.71. The van der Waals surface area contributed by atoms with Crippen molar-refractivity contribution in [1.82, 2.24) is 5.43 Å². The van der Waals surface area contributed by atoms with Gasteiger partial charge < -0.3 is 10.1 Å². The molecule has 0 atom stereocenters. The molecule has 2 amide bonds. The molecule has 0 aromatic heterocycles. The molecule has 0 aliphatic heterocycles. The molecular weight excluding hydrogens is 401 g/mol. The summed E-state index contributed by atoms with van der Waals surface area (Å²) in [5.74, 6) is 0.166. The molecular formula is C20H19Cl2N3O3. The molecule has 6 nitrogen and oxygen atoms in total. The smallest absolute Gasteiger partial charge is 0.277 e. The van der Waals surface area contributed by atoms with Crippen LogP contribution in [0.2, 0.25) is 10.0 Å². The van der Waals surface area contributed by atoms with Gasteiger partial charge in [-0.25, -0.2) is 5.43 Å². The minimum atomic E-state index is -0.418. The molecule has 1 aliphatic rings.